The van der Waals surface area contributed by atoms with Crippen molar-refractivity contribution >= 4 is 17.5 Å². The van der Waals surface area contributed by atoms with Crippen LogP contribution in [0.1, 0.15) is 19.4 Å². The Hall–Kier alpha value is -1.69. The number of hydrogen-bond donors (Lipinski definition) is 1. The highest BCUT2D eigenvalue weighted by atomic mass is 35.5. The number of nitrogens with zero attached hydrogens (tertiary/aromatic N) is 2. The monoisotopic (exact) mass is 317 g/mol. The first-order chi connectivity index (χ1) is 9.79. The van der Waals surface area contributed by atoms with Gasteiger partial charge in [0.2, 0.25) is 5.95 Å². The number of rotatable bonds is 4. The first kappa shape index (κ1) is 15.7. The van der Waals surface area contributed by atoms with E-state index < -0.39 is 11.7 Å². The average molecular weight is 318 g/mol. The molecule has 0 unspecified atom stereocenters. The van der Waals surface area contributed by atoms with Gasteiger partial charge in [0.25, 0.3) is 0 Å². The quantitative estimate of drug-likeness (QED) is 0.892. The highest BCUT2D eigenvalue weighted by Gasteiger charge is 2.31. The van der Waals surface area contributed by atoms with Crippen molar-refractivity contribution in [2.45, 2.75) is 20.0 Å². The lowest BCUT2D eigenvalue weighted by molar-refractivity contribution is -0.137. The van der Waals surface area contributed by atoms with E-state index in [0.29, 0.717) is 18.4 Å². The van der Waals surface area contributed by atoms with Gasteiger partial charge < -0.3 is 5.32 Å². The second-order valence-corrected chi connectivity index (χ2v) is 5.47. The Morgan fingerprint density at radius 3 is 2.67 bits per heavy atom. The van der Waals surface area contributed by atoms with Gasteiger partial charge in [-0.2, -0.15) is 13.2 Å². The van der Waals surface area contributed by atoms with Gasteiger partial charge in [0.1, 0.15) is 0 Å². The van der Waals surface area contributed by atoms with E-state index in [2.05, 4.69) is 10.3 Å². The maximum atomic E-state index is 12.8. The molecule has 7 heteroatoms. The number of imidazole rings is 1. The summed E-state index contributed by atoms with van der Waals surface area (Å²) in [5.74, 6) is 0.844. The summed E-state index contributed by atoms with van der Waals surface area (Å²) in [6.45, 7) is 4.71. The normalized spacial score (nSPS) is 12.0. The molecule has 0 amide bonds. The predicted octanol–water partition coefficient (Wildman–Crippen LogP) is 4.61. The lowest BCUT2D eigenvalue weighted by Gasteiger charge is -2.14. The fraction of sp³-hybridized carbons (Fsp3) is 0.357. The molecule has 0 spiro atoms. The van der Waals surface area contributed by atoms with Gasteiger partial charge in [0, 0.05) is 18.9 Å². The summed E-state index contributed by atoms with van der Waals surface area (Å²) in [6, 6.07) is 3.22. The number of nitrogens with one attached hydrogen (secondary N) is 1. The summed E-state index contributed by atoms with van der Waals surface area (Å²) in [6.07, 6.45) is -1.32. The standard InChI is InChI=1S/C14H15ClF3N3/c1-9(2)8-20-13-19-5-6-21(13)12-7-10(14(16,17)18)3-4-11(12)15/h3-7,9H,8H2,1-2H3,(H,19,20). The van der Waals surface area contributed by atoms with Crippen LogP contribution in [-0.2, 0) is 6.18 Å². The third-order valence-corrected chi connectivity index (χ3v) is 3.16. The second kappa shape index (κ2) is 5.97. The topological polar surface area (TPSA) is 29.9 Å². The minimum atomic E-state index is -4.41. The summed E-state index contributed by atoms with van der Waals surface area (Å²) < 4.78 is 40.0. The lowest BCUT2D eigenvalue weighted by atomic mass is 10.2. The average Bonchev–Trinajstić information content (AvgIpc) is 2.83. The fourth-order valence-electron chi connectivity index (χ4n) is 1.80. The first-order valence-corrected chi connectivity index (χ1v) is 6.81. The number of alkyl halides is 3. The van der Waals surface area contributed by atoms with Crippen LogP contribution in [-0.4, -0.2) is 16.1 Å². The molecule has 0 aliphatic carbocycles. The van der Waals surface area contributed by atoms with Crippen molar-refractivity contribution in [2.75, 3.05) is 11.9 Å². The van der Waals surface area contributed by atoms with E-state index >= 15 is 0 Å². The Balaban J connectivity index is 2.40. The van der Waals surface area contributed by atoms with Crippen LogP contribution in [0, 0.1) is 5.92 Å². The van der Waals surface area contributed by atoms with Gasteiger partial charge in [-0.1, -0.05) is 25.4 Å². The first-order valence-electron chi connectivity index (χ1n) is 6.43. The lowest BCUT2D eigenvalue weighted by Crippen LogP contribution is -2.13. The highest BCUT2D eigenvalue weighted by Crippen LogP contribution is 2.33. The van der Waals surface area contributed by atoms with Crippen molar-refractivity contribution in [3.8, 4) is 5.69 Å². The summed E-state index contributed by atoms with van der Waals surface area (Å²) >= 11 is 6.03. The highest BCUT2D eigenvalue weighted by molar-refractivity contribution is 6.32. The Morgan fingerprint density at radius 1 is 1.33 bits per heavy atom. The van der Waals surface area contributed by atoms with E-state index in [1.807, 2.05) is 13.8 Å². The zero-order chi connectivity index (χ0) is 15.6. The number of hydrogen-bond acceptors (Lipinski definition) is 2. The molecule has 0 aliphatic heterocycles. The number of halogens is 4. The molecule has 0 atom stereocenters. The largest absolute Gasteiger partial charge is 0.416 e. The van der Waals surface area contributed by atoms with Crippen molar-refractivity contribution in [1.82, 2.24) is 9.55 Å². The number of anilines is 1. The minimum absolute atomic E-state index is 0.230. The fourth-order valence-corrected chi connectivity index (χ4v) is 2.01. The van der Waals surface area contributed by atoms with E-state index in [4.69, 9.17) is 11.6 Å². The molecule has 3 nitrogen and oxygen atoms in total. The molecule has 1 N–H and O–H groups in total. The molecule has 0 radical (unpaired) electrons. The molecule has 0 aliphatic rings. The van der Waals surface area contributed by atoms with Gasteiger partial charge in [0.15, 0.2) is 0 Å². The molecule has 2 aromatic rings. The van der Waals surface area contributed by atoms with E-state index in [-0.39, 0.29) is 10.7 Å². The van der Waals surface area contributed by atoms with Crippen molar-refractivity contribution in [1.29, 1.82) is 0 Å². The van der Waals surface area contributed by atoms with Gasteiger partial charge >= 0.3 is 6.18 Å². The molecular formula is C14H15ClF3N3. The van der Waals surface area contributed by atoms with E-state index in [9.17, 15) is 13.2 Å². The predicted molar refractivity (Wildman–Crippen MR) is 76.9 cm³/mol. The summed E-state index contributed by atoms with van der Waals surface area (Å²) in [7, 11) is 0. The molecule has 21 heavy (non-hydrogen) atoms. The van der Waals surface area contributed by atoms with Crippen molar-refractivity contribution in [3.63, 3.8) is 0 Å². The molecule has 0 bridgehead atoms. The van der Waals surface area contributed by atoms with Crippen LogP contribution in [0.4, 0.5) is 19.1 Å². The number of aromatic nitrogens is 2. The molecule has 1 aromatic carbocycles. The Kier molecular flexibility index (Phi) is 4.46. The van der Waals surface area contributed by atoms with Gasteiger partial charge in [0.05, 0.1) is 16.3 Å². The molecule has 0 saturated carbocycles. The van der Waals surface area contributed by atoms with Crippen LogP contribution in [0.25, 0.3) is 5.69 Å². The van der Waals surface area contributed by atoms with E-state index in [0.717, 1.165) is 12.1 Å². The summed E-state index contributed by atoms with van der Waals surface area (Å²) in [4.78, 5) is 4.11. The maximum Gasteiger partial charge on any atom is 0.416 e. The van der Waals surface area contributed by atoms with Crippen LogP contribution in [0.15, 0.2) is 30.6 Å². The van der Waals surface area contributed by atoms with Crippen LogP contribution in [0.2, 0.25) is 5.02 Å². The minimum Gasteiger partial charge on any atom is -0.355 e. The van der Waals surface area contributed by atoms with Gasteiger partial charge in [-0.3, -0.25) is 4.57 Å². The van der Waals surface area contributed by atoms with Crippen LogP contribution in [0.3, 0.4) is 0 Å². The SMILES string of the molecule is CC(C)CNc1nccn1-c1cc(C(F)(F)F)ccc1Cl. The van der Waals surface area contributed by atoms with E-state index in [1.54, 1.807) is 6.20 Å². The zero-order valence-electron chi connectivity index (χ0n) is 11.6. The third-order valence-electron chi connectivity index (χ3n) is 2.84. The number of benzene rings is 1. The molecule has 2 rings (SSSR count). The van der Waals surface area contributed by atoms with Crippen LogP contribution in [0.5, 0.6) is 0 Å². The van der Waals surface area contributed by atoms with Gasteiger partial charge in [-0.15, -0.1) is 0 Å². The van der Waals surface area contributed by atoms with Crippen LogP contribution >= 0.6 is 11.6 Å². The molecule has 114 valence electrons. The summed E-state index contributed by atoms with van der Waals surface area (Å²) in [5.41, 5.74) is -0.499. The Labute approximate surface area is 125 Å². The molecule has 0 fully saturated rings. The van der Waals surface area contributed by atoms with Crippen molar-refractivity contribution in [3.05, 3.63) is 41.2 Å². The molecule has 0 saturated heterocycles. The molecular weight excluding hydrogens is 303 g/mol. The maximum absolute atomic E-state index is 12.8. The zero-order valence-corrected chi connectivity index (χ0v) is 12.3. The Morgan fingerprint density at radius 2 is 2.05 bits per heavy atom. The van der Waals surface area contributed by atoms with Crippen LogP contribution < -0.4 is 5.32 Å². The van der Waals surface area contributed by atoms with Gasteiger partial charge in [-0.05, 0) is 24.1 Å². The summed E-state index contributed by atoms with van der Waals surface area (Å²) in [5, 5.41) is 3.32. The Bertz CT molecular complexity index is 620. The van der Waals surface area contributed by atoms with E-state index in [1.165, 1.54) is 16.8 Å². The smallest absolute Gasteiger partial charge is 0.355 e. The van der Waals surface area contributed by atoms with Crippen molar-refractivity contribution in [2.24, 2.45) is 5.92 Å². The van der Waals surface area contributed by atoms with Gasteiger partial charge in [-0.25, -0.2) is 4.98 Å². The third kappa shape index (κ3) is 3.69. The molecule has 1 aromatic heterocycles. The second-order valence-electron chi connectivity index (χ2n) is 5.06. The van der Waals surface area contributed by atoms with Crippen molar-refractivity contribution < 1.29 is 13.2 Å². The molecule has 1 heterocycles.